The first-order valence-corrected chi connectivity index (χ1v) is 12.0. The highest BCUT2D eigenvalue weighted by molar-refractivity contribution is 5.93. The number of nitrogens with zero attached hydrogens (tertiary/aromatic N) is 3. The highest BCUT2D eigenvalue weighted by atomic mass is 19.1. The molecule has 5 rings (SSSR count). The van der Waals surface area contributed by atoms with Crippen LogP contribution in [0.5, 0.6) is 11.5 Å². The number of anilines is 2. The van der Waals surface area contributed by atoms with Gasteiger partial charge < -0.3 is 25.0 Å². The van der Waals surface area contributed by atoms with Crippen LogP contribution >= 0.6 is 0 Å². The van der Waals surface area contributed by atoms with Crippen molar-refractivity contribution >= 4 is 28.3 Å². The number of amides is 1. The molecule has 2 aromatic carbocycles. The van der Waals surface area contributed by atoms with E-state index in [4.69, 9.17) is 9.47 Å². The summed E-state index contributed by atoms with van der Waals surface area (Å²) in [5.41, 5.74) is 2.01. The largest absolute Gasteiger partial charge is 0.493 e. The fourth-order valence-electron chi connectivity index (χ4n) is 4.96. The van der Waals surface area contributed by atoms with Crippen molar-refractivity contribution in [3.8, 4) is 11.5 Å². The van der Waals surface area contributed by atoms with Crippen LogP contribution in [0.25, 0.3) is 10.9 Å². The van der Waals surface area contributed by atoms with Crippen LogP contribution in [-0.4, -0.2) is 60.2 Å². The maximum atomic E-state index is 13.7. The number of carbonyl (C=O) groups excluding carboxylic acids is 1. The number of carbonyl (C=O) groups is 1. The van der Waals surface area contributed by atoms with E-state index in [1.165, 1.54) is 12.4 Å². The lowest BCUT2D eigenvalue weighted by Gasteiger charge is -2.24. The first-order chi connectivity index (χ1) is 17.0. The second-order valence-electron chi connectivity index (χ2n) is 9.27. The minimum absolute atomic E-state index is 0.173. The van der Waals surface area contributed by atoms with Crippen molar-refractivity contribution in [1.82, 2.24) is 20.2 Å². The van der Waals surface area contributed by atoms with Gasteiger partial charge in [0.2, 0.25) is 5.91 Å². The summed E-state index contributed by atoms with van der Waals surface area (Å²) in [6, 6.07) is 8.85. The van der Waals surface area contributed by atoms with Gasteiger partial charge in [-0.1, -0.05) is 0 Å². The zero-order valence-electron chi connectivity index (χ0n) is 20.0. The van der Waals surface area contributed by atoms with E-state index in [-0.39, 0.29) is 17.8 Å². The van der Waals surface area contributed by atoms with Crippen molar-refractivity contribution in [2.45, 2.75) is 32.2 Å². The number of fused-ring (bicyclic) bond motifs is 2. The number of methoxy groups -OCH3 is 1. The van der Waals surface area contributed by atoms with Crippen molar-refractivity contribution in [2.24, 2.45) is 5.92 Å². The van der Waals surface area contributed by atoms with E-state index in [0.717, 1.165) is 43.5 Å². The Labute approximate surface area is 203 Å². The molecule has 2 saturated heterocycles. The second-order valence-corrected chi connectivity index (χ2v) is 9.27. The molecule has 1 amide bonds. The van der Waals surface area contributed by atoms with Gasteiger partial charge in [-0.2, -0.15) is 0 Å². The summed E-state index contributed by atoms with van der Waals surface area (Å²) in [6.07, 6.45) is 3.96. The molecule has 2 N–H and O–H groups in total. The van der Waals surface area contributed by atoms with Gasteiger partial charge in [0.1, 0.15) is 18.0 Å². The number of aryl methyl sites for hydroxylation is 1. The maximum absolute atomic E-state index is 13.7. The Kier molecular flexibility index (Phi) is 6.68. The monoisotopic (exact) mass is 479 g/mol. The normalized spacial score (nSPS) is 19.9. The fraction of sp³-hybridized carbons (Fsp3) is 0.423. The molecule has 2 aliphatic rings. The number of hydrogen-bond acceptors (Lipinski definition) is 7. The number of likely N-dealkylation sites (tertiary alicyclic amines) is 1. The third-order valence-corrected chi connectivity index (χ3v) is 6.82. The molecule has 0 spiro atoms. The van der Waals surface area contributed by atoms with Gasteiger partial charge in [-0.05, 0) is 55.5 Å². The summed E-state index contributed by atoms with van der Waals surface area (Å²) in [5, 5.41) is 7.16. The van der Waals surface area contributed by atoms with E-state index in [1.807, 2.05) is 12.1 Å². The number of hydrogen-bond donors (Lipinski definition) is 2. The maximum Gasteiger partial charge on any atom is 0.220 e. The summed E-state index contributed by atoms with van der Waals surface area (Å²) in [4.78, 5) is 22.8. The molecule has 35 heavy (non-hydrogen) atoms. The van der Waals surface area contributed by atoms with Crippen LogP contribution in [0.15, 0.2) is 36.7 Å². The Morgan fingerprint density at radius 1 is 1.20 bits per heavy atom. The molecule has 0 bridgehead atoms. The number of benzene rings is 2. The number of halogens is 1. The van der Waals surface area contributed by atoms with E-state index < -0.39 is 0 Å². The topological polar surface area (TPSA) is 88.6 Å². The minimum Gasteiger partial charge on any atom is -0.493 e. The molecule has 3 aromatic rings. The van der Waals surface area contributed by atoms with Crippen LogP contribution in [-0.2, 0) is 4.79 Å². The van der Waals surface area contributed by atoms with E-state index in [0.29, 0.717) is 47.3 Å². The second kappa shape index (κ2) is 10.0. The Bertz CT molecular complexity index is 1240. The zero-order chi connectivity index (χ0) is 24.4. The average Bonchev–Trinajstić information content (AvgIpc) is 3.25. The van der Waals surface area contributed by atoms with Crippen LogP contribution in [0, 0.1) is 18.7 Å². The highest BCUT2D eigenvalue weighted by Crippen LogP contribution is 2.35. The van der Waals surface area contributed by atoms with Gasteiger partial charge in [-0.3, -0.25) is 4.79 Å². The number of rotatable bonds is 8. The van der Waals surface area contributed by atoms with Crippen molar-refractivity contribution in [1.29, 1.82) is 0 Å². The highest BCUT2D eigenvalue weighted by Gasteiger charge is 2.36. The van der Waals surface area contributed by atoms with Gasteiger partial charge in [0.05, 0.1) is 19.2 Å². The average molecular weight is 480 g/mol. The predicted octanol–water partition coefficient (Wildman–Crippen LogP) is 3.81. The van der Waals surface area contributed by atoms with Gasteiger partial charge in [0.15, 0.2) is 11.5 Å². The van der Waals surface area contributed by atoms with Crippen LogP contribution in [0.4, 0.5) is 15.9 Å². The molecule has 2 atom stereocenters. The molecule has 9 heteroatoms. The van der Waals surface area contributed by atoms with Crippen molar-refractivity contribution < 1.29 is 18.7 Å². The first-order valence-electron chi connectivity index (χ1n) is 12.0. The Balaban J connectivity index is 1.25. The summed E-state index contributed by atoms with van der Waals surface area (Å²) < 4.78 is 25.3. The summed E-state index contributed by atoms with van der Waals surface area (Å²) >= 11 is 0. The number of ether oxygens (including phenoxy) is 2. The molecule has 184 valence electrons. The lowest BCUT2D eigenvalue weighted by atomic mass is 9.94. The number of aromatic nitrogens is 2. The zero-order valence-corrected chi connectivity index (χ0v) is 20.0. The Morgan fingerprint density at radius 3 is 2.91 bits per heavy atom. The minimum atomic E-state index is -0.249. The standard InChI is InChI=1S/C26H30FN5O3/c1-16-10-18(5-6-20(16)27)30-26-19-11-24(23(34-2)12-21(19)28-15-29-26)35-9-3-8-32-13-17-4-7-25(33)31-22(17)14-32/h5-6,10-12,15,17,22H,3-4,7-9,13-14H2,1-2H3,(H,31,33)(H,28,29,30). The van der Waals surface area contributed by atoms with Crippen LogP contribution < -0.4 is 20.1 Å². The summed E-state index contributed by atoms with van der Waals surface area (Å²) in [7, 11) is 1.61. The number of piperidine rings is 1. The third-order valence-electron chi connectivity index (χ3n) is 6.82. The lowest BCUT2D eigenvalue weighted by Crippen LogP contribution is -2.44. The molecule has 2 unspecified atom stereocenters. The van der Waals surface area contributed by atoms with Crippen LogP contribution in [0.3, 0.4) is 0 Å². The SMILES string of the molecule is COc1cc2ncnc(Nc3ccc(F)c(C)c3)c2cc1OCCCN1CC2CCC(=O)NC2C1. The molecule has 2 fully saturated rings. The third kappa shape index (κ3) is 5.14. The van der Waals surface area contributed by atoms with Gasteiger partial charge >= 0.3 is 0 Å². The van der Waals surface area contributed by atoms with Crippen LogP contribution in [0.2, 0.25) is 0 Å². The summed E-state index contributed by atoms with van der Waals surface area (Å²) in [5.74, 6) is 2.32. The predicted molar refractivity (Wildman–Crippen MR) is 132 cm³/mol. The van der Waals surface area contributed by atoms with Crippen LogP contribution in [0.1, 0.15) is 24.8 Å². The fourth-order valence-corrected chi connectivity index (χ4v) is 4.96. The van der Waals surface area contributed by atoms with Crippen molar-refractivity contribution in [2.75, 3.05) is 38.7 Å². The molecule has 0 radical (unpaired) electrons. The Hall–Kier alpha value is -3.46. The summed E-state index contributed by atoms with van der Waals surface area (Å²) in [6.45, 7) is 5.11. The van der Waals surface area contributed by atoms with Gasteiger partial charge in [-0.25, -0.2) is 14.4 Å². The quantitative estimate of drug-likeness (QED) is 0.475. The Morgan fingerprint density at radius 2 is 2.09 bits per heavy atom. The van der Waals surface area contributed by atoms with E-state index >= 15 is 0 Å². The number of nitrogens with one attached hydrogen (secondary N) is 2. The molecule has 1 aromatic heterocycles. The van der Waals surface area contributed by atoms with Gasteiger partial charge in [0.25, 0.3) is 0 Å². The van der Waals surface area contributed by atoms with E-state index in [2.05, 4.69) is 25.5 Å². The lowest BCUT2D eigenvalue weighted by molar-refractivity contribution is -0.123. The van der Waals surface area contributed by atoms with Gasteiger partial charge in [0, 0.05) is 49.2 Å². The first kappa shape index (κ1) is 23.3. The molecule has 0 aliphatic carbocycles. The van der Waals surface area contributed by atoms with Crippen molar-refractivity contribution in [3.05, 3.63) is 48.0 Å². The molecular weight excluding hydrogens is 449 g/mol. The molecule has 3 heterocycles. The molecule has 8 nitrogen and oxygen atoms in total. The molecule has 2 aliphatic heterocycles. The van der Waals surface area contributed by atoms with E-state index in [9.17, 15) is 9.18 Å². The van der Waals surface area contributed by atoms with Crippen molar-refractivity contribution in [3.63, 3.8) is 0 Å². The smallest absolute Gasteiger partial charge is 0.220 e. The van der Waals surface area contributed by atoms with Gasteiger partial charge in [-0.15, -0.1) is 0 Å². The molecule has 0 saturated carbocycles. The van der Waals surface area contributed by atoms with E-state index in [1.54, 1.807) is 26.2 Å². The molecular formula is C26H30FN5O3.